The van der Waals surface area contributed by atoms with Crippen LogP contribution in [0.5, 0.6) is 5.75 Å². The minimum Gasteiger partial charge on any atom is -0.493 e. The van der Waals surface area contributed by atoms with Crippen molar-refractivity contribution in [3.63, 3.8) is 0 Å². The van der Waals surface area contributed by atoms with Crippen molar-refractivity contribution < 1.29 is 23.8 Å². The van der Waals surface area contributed by atoms with Crippen LogP contribution in [0, 0.1) is 6.92 Å². The summed E-state index contributed by atoms with van der Waals surface area (Å²) in [6.45, 7) is 8.84. The maximum Gasteiger partial charge on any atom is 0.333 e. The zero-order chi connectivity index (χ0) is 21.7. The van der Waals surface area contributed by atoms with Crippen molar-refractivity contribution in [3.8, 4) is 5.75 Å². The van der Waals surface area contributed by atoms with Gasteiger partial charge in [0.2, 0.25) is 0 Å². The lowest BCUT2D eigenvalue weighted by Gasteiger charge is -2.14. The number of aryl methyl sites for hydroxylation is 2. The van der Waals surface area contributed by atoms with Crippen LogP contribution in [-0.4, -0.2) is 35.4 Å². The molecule has 0 radical (unpaired) electrons. The van der Waals surface area contributed by atoms with Crippen LogP contribution in [-0.2, 0) is 22.4 Å². The summed E-state index contributed by atoms with van der Waals surface area (Å²) in [5.74, 6) is 1.82. The number of fused-ring (bicyclic) bond motifs is 1. The average Bonchev–Trinajstić information content (AvgIpc) is 3.33. The van der Waals surface area contributed by atoms with Crippen LogP contribution in [0.4, 0.5) is 0 Å². The number of hydrogen-bond donors (Lipinski definition) is 1. The number of aliphatic carboxylic acids is 1. The van der Waals surface area contributed by atoms with Crippen LogP contribution in [0.2, 0.25) is 0 Å². The summed E-state index contributed by atoms with van der Waals surface area (Å²) in [7, 11) is 0. The Labute approximate surface area is 180 Å². The number of benzene rings is 1. The molecule has 3 rings (SSSR count). The van der Waals surface area contributed by atoms with Gasteiger partial charge in [0.05, 0.1) is 12.3 Å². The van der Waals surface area contributed by atoms with Crippen LogP contribution >= 0.6 is 11.3 Å². The van der Waals surface area contributed by atoms with E-state index in [0.29, 0.717) is 19.6 Å². The zero-order valence-corrected chi connectivity index (χ0v) is 18.8. The average molecular weight is 432 g/mol. The van der Waals surface area contributed by atoms with Gasteiger partial charge in [-0.15, -0.1) is 11.3 Å². The molecular weight excluding hydrogens is 402 g/mol. The van der Waals surface area contributed by atoms with Crippen LogP contribution in [0.25, 0.3) is 10.1 Å². The Hall–Kier alpha value is -2.38. The molecule has 0 aliphatic heterocycles. The maximum atomic E-state index is 11.4. The molecular formula is C23H29NO5S. The van der Waals surface area contributed by atoms with Crippen molar-refractivity contribution in [1.29, 1.82) is 0 Å². The van der Waals surface area contributed by atoms with Gasteiger partial charge in [0.1, 0.15) is 11.5 Å². The number of carbonyl (C=O) groups is 1. The predicted molar refractivity (Wildman–Crippen MR) is 118 cm³/mol. The number of rotatable bonds is 11. The van der Waals surface area contributed by atoms with Gasteiger partial charge in [-0.3, -0.25) is 0 Å². The van der Waals surface area contributed by atoms with Crippen LogP contribution < -0.4 is 4.74 Å². The first-order valence-electron chi connectivity index (χ1n) is 10.3. The normalized spacial score (nSPS) is 12.6. The number of thiophene rings is 1. The Morgan fingerprint density at radius 1 is 1.30 bits per heavy atom. The highest BCUT2D eigenvalue weighted by Crippen LogP contribution is 2.34. The summed E-state index contributed by atoms with van der Waals surface area (Å²) in [6.07, 6.45) is 1.14. The molecule has 0 saturated heterocycles. The number of nitrogens with zero attached hydrogens (tertiary/aromatic N) is 1. The molecule has 0 aliphatic rings. The summed E-state index contributed by atoms with van der Waals surface area (Å²) >= 11 is 1.59. The second-order valence-electron chi connectivity index (χ2n) is 7.53. The maximum absolute atomic E-state index is 11.4. The minimum atomic E-state index is -0.939. The van der Waals surface area contributed by atoms with Crippen molar-refractivity contribution >= 4 is 27.4 Å². The van der Waals surface area contributed by atoms with E-state index in [1.807, 2.05) is 30.5 Å². The van der Waals surface area contributed by atoms with E-state index >= 15 is 0 Å². The lowest BCUT2D eigenvalue weighted by atomic mass is 10.1. The molecule has 6 nitrogen and oxygen atoms in total. The molecule has 2 aromatic heterocycles. The van der Waals surface area contributed by atoms with Gasteiger partial charge >= 0.3 is 5.97 Å². The monoisotopic (exact) mass is 431 g/mol. The van der Waals surface area contributed by atoms with Crippen LogP contribution in [0.1, 0.15) is 56.0 Å². The molecule has 0 aliphatic carbocycles. The smallest absolute Gasteiger partial charge is 0.333 e. The number of hydrogen-bond acceptors (Lipinski definition) is 6. The van der Waals surface area contributed by atoms with E-state index < -0.39 is 12.1 Å². The van der Waals surface area contributed by atoms with E-state index in [0.717, 1.165) is 51.6 Å². The Morgan fingerprint density at radius 3 is 2.77 bits per heavy atom. The standard InChI is InChI=1S/C23H29NO5S/c1-5-27-20(23(25)26)13-16-8-9-19(17-10-12-30-21(16)17)28-11-6-7-18-15(4)29-22(24-18)14(2)3/h8-10,12,14,20H,5-7,11,13H2,1-4H3,(H,25,26). The van der Waals surface area contributed by atoms with Gasteiger partial charge in [-0.05, 0) is 49.8 Å². The lowest BCUT2D eigenvalue weighted by molar-refractivity contribution is -0.149. The Kier molecular flexibility index (Phi) is 7.50. The SMILES string of the molecule is CCOC(Cc1ccc(OCCCc2nc(C(C)C)oc2C)c2ccsc12)C(=O)O. The first-order valence-corrected chi connectivity index (χ1v) is 11.2. The second-order valence-corrected chi connectivity index (χ2v) is 8.45. The van der Waals surface area contributed by atoms with Gasteiger partial charge in [0.15, 0.2) is 12.0 Å². The molecule has 0 spiro atoms. The molecule has 162 valence electrons. The molecule has 1 unspecified atom stereocenters. The molecule has 0 amide bonds. The largest absolute Gasteiger partial charge is 0.493 e. The summed E-state index contributed by atoms with van der Waals surface area (Å²) in [5, 5.41) is 12.4. The fraction of sp³-hybridized carbons (Fsp3) is 0.478. The quantitative estimate of drug-likeness (QED) is 0.411. The van der Waals surface area contributed by atoms with Crippen molar-refractivity contribution in [2.45, 2.75) is 59.0 Å². The van der Waals surface area contributed by atoms with E-state index in [-0.39, 0.29) is 5.92 Å². The van der Waals surface area contributed by atoms with Crippen molar-refractivity contribution in [3.05, 3.63) is 46.5 Å². The van der Waals surface area contributed by atoms with Crippen molar-refractivity contribution in [2.75, 3.05) is 13.2 Å². The Balaban J connectivity index is 1.63. The molecule has 30 heavy (non-hydrogen) atoms. The fourth-order valence-electron chi connectivity index (χ4n) is 3.35. The molecule has 1 N–H and O–H groups in total. The summed E-state index contributed by atoms with van der Waals surface area (Å²) in [4.78, 5) is 16.0. The third-order valence-corrected chi connectivity index (χ3v) is 5.92. The van der Waals surface area contributed by atoms with Crippen LogP contribution in [0.15, 0.2) is 28.0 Å². The van der Waals surface area contributed by atoms with Gasteiger partial charge in [-0.1, -0.05) is 19.9 Å². The van der Waals surface area contributed by atoms with Crippen molar-refractivity contribution in [2.24, 2.45) is 0 Å². The number of aromatic nitrogens is 1. The second kappa shape index (κ2) is 10.1. The van der Waals surface area contributed by atoms with Gasteiger partial charge in [-0.25, -0.2) is 9.78 Å². The molecule has 2 heterocycles. The van der Waals surface area contributed by atoms with E-state index in [2.05, 4.69) is 18.8 Å². The first-order chi connectivity index (χ1) is 14.4. The summed E-state index contributed by atoms with van der Waals surface area (Å²) in [5.41, 5.74) is 1.96. The number of carboxylic acids is 1. The van der Waals surface area contributed by atoms with E-state index in [1.165, 1.54) is 0 Å². The minimum absolute atomic E-state index is 0.280. The highest BCUT2D eigenvalue weighted by molar-refractivity contribution is 7.17. The number of ether oxygens (including phenoxy) is 2. The van der Waals surface area contributed by atoms with Gasteiger partial charge < -0.3 is 19.0 Å². The highest BCUT2D eigenvalue weighted by atomic mass is 32.1. The van der Waals surface area contributed by atoms with Crippen molar-refractivity contribution in [1.82, 2.24) is 4.98 Å². The Bertz CT molecular complexity index is 991. The fourth-order valence-corrected chi connectivity index (χ4v) is 4.29. The van der Waals surface area contributed by atoms with E-state index in [4.69, 9.17) is 13.9 Å². The van der Waals surface area contributed by atoms with Gasteiger partial charge in [0, 0.05) is 29.0 Å². The van der Waals surface area contributed by atoms with Gasteiger partial charge in [-0.2, -0.15) is 0 Å². The van der Waals surface area contributed by atoms with E-state index in [9.17, 15) is 9.90 Å². The molecule has 0 saturated carbocycles. The topological polar surface area (TPSA) is 81.8 Å². The highest BCUT2D eigenvalue weighted by Gasteiger charge is 2.20. The summed E-state index contributed by atoms with van der Waals surface area (Å²) < 4.78 is 18.2. The first kappa shape index (κ1) is 22.3. The Morgan fingerprint density at radius 2 is 2.10 bits per heavy atom. The molecule has 1 aromatic carbocycles. The molecule has 0 bridgehead atoms. The lowest BCUT2D eigenvalue weighted by Crippen LogP contribution is -2.26. The molecule has 7 heteroatoms. The third-order valence-electron chi connectivity index (χ3n) is 4.93. The van der Waals surface area contributed by atoms with E-state index in [1.54, 1.807) is 18.3 Å². The molecule has 0 fully saturated rings. The predicted octanol–water partition coefficient (Wildman–Crippen LogP) is 5.36. The van der Waals surface area contributed by atoms with Gasteiger partial charge in [0.25, 0.3) is 0 Å². The number of carboxylic acid groups (broad SMARTS) is 1. The van der Waals surface area contributed by atoms with Crippen LogP contribution in [0.3, 0.4) is 0 Å². The zero-order valence-electron chi connectivity index (χ0n) is 17.9. The summed E-state index contributed by atoms with van der Waals surface area (Å²) in [6, 6.07) is 5.89. The molecule has 3 aromatic rings. The third kappa shape index (κ3) is 5.21. The number of oxazole rings is 1. The molecule has 1 atom stereocenters.